The van der Waals surface area contributed by atoms with Crippen molar-refractivity contribution in [2.24, 2.45) is 0 Å². The molecule has 0 aliphatic carbocycles. The van der Waals surface area contributed by atoms with Crippen LogP contribution in [-0.4, -0.2) is 151 Å². The fraction of sp³-hybridized carbons (Fsp3) is 0.848. The molecule has 0 saturated heterocycles. The van der Waals surface area contributed by atoms with Crippen LogP contribution in [0.5, 0.6) is 5.75 Å². The van der Waals surface area contributed by atoms with E-state index in [0.29, 0.717) is 145 Å². The van der Waals surface area contributed by atoms with E-state index in [-0.39, 0.29) is 12.6 Å². The van der Waals surface area contributed by atoms with Crippen molar-refractivity contribution in [1.29, 1.82) is 0 Å². The summed E-state index contributed by atoms with van der Waals surface area (Å²) in [6.07, 6.45) is 17.9. The highest BCUT2D eigenvalue weighted by Gasteiger charge is 2.03. The summed E-state index contributed by atoms with van der Waals surface area (Å²) in [5.74, 6) is 0.741. The number of unbranched alkanes of at least 4 members (excludes halogenated alkanes) is 11. The summed E-state index contributed by atoms with van der Waals surface area (Å²) in [5.41, 5.74) is 1.38. The molecule has 0 amide bonds. The van der Waals surface area contributed by atoms with E-state index in [9.17, 15) is 4.79 Å². The van der Waals surface area contributed by atoms with Crippen LogP contribution in [0.3, 0.4) is 0 Å². The molecular formula is C46H84O13. The van der Waals surface area contributed by atoms with Crippen LogP contribution in [-0.2, 0) is 63.3 Å². The molecule has 1 rings (SSSR count). The number of hydrogen-bond acceptors (Lipinski definition) is 13. The molecule has 0 aliphatic heterocycles. The molecule has 0 heterocycles. The Kier molecular flexibility index (Phi) is 44.0. The van der Waals surface area contributed by atoms with E-state index in [4.69, 9.17) is 56.8 Å². The van der Waals surface area contributed by atoms with Crippen molar-refractivity contribution >= 4 is 5.97 Å². The number of carbonyl (C=O) groups excluding carboxylic acids is 1. The summed E-state index contributed by atoms with van der Waals surface area (Å²) in [4.78, 5) is 11.7. The molecule has 0 aliphatic rings. The summed E-state index contributed by atoms with van der Waals surface area (Å²) < 4.78 is 66.1. The highest BCUT2D eigenvalue weighted by atomic mass is 16.6. The topological polar surface area (TPSA) is 128 Å². The SMILES string of the molecule is CCCCCCCCCc1ccc(OCCOCCOCCOCCOCCOCCOCCOCCOCCOCCOCCOC(=O)CCCCCCCC)cc1. The van der Waals surface area contributed by atoms with Crippen molar-refractivity contribution in [3.8, 4) is 5.75 Å². The van der Waals surface area contributed by atoms with Gasteiger partial charge in [-0.3, -0.25) is 4.79 Å². The fourth-order valence-corrected chi connectivity index (χ4v) is 5.67. The van der Waals surface area contributed by atoms with Gasteiger partial charge in [-0.05, 0) is 37.0 Å². The Morgan fingerprint density at radius 2 is 0.661 bits per heavy atom. The Morgan fingerprint density at radius 3 is 1.03 bits per heavy atom. The molecule has 13 heteroatoms. The maximum atomic E-state index is 11.7. The van der Waals surface area contributed by atoms with Crippen LogP contribution in [0.15, 0.2) is 24.3 Å². The van der Waals surface area contributed by atoms with E-state index in [0.717, 1.165) is 25.0 Å². The number of benzene rings is 1. The Morgan fingerprint density at radius 1 is 0.356 bits per heavy atom. The zero-order valence-corrected chi connectivity index (χ0v) is 37.3. The van der Waals surface area contributed by atoms with Crippen LogP contribution in [0.4, 0.5) is 0 Å². The summed E-state index contributed by atoms with van der Waals surface area (Å²) >= 11 is 0. The second-order valence-corrected chi connectivity index (χ2v) is 14.2. The van der Waals surface area contributed by atoms with Gasteiger partial charge < -0.3 is 56.8 Å². The first-order chi connectivity index (χ1) is 29.3. The van der Waals surface area contributed by atoms with Crippen LogP contribution in [0, 0.1) is 0 Å². The van der Waals surface area contributed by atoms with E-state index in [1.165, 1.54) is 76.2 Å². The molecule has 0 N–H and O–H groups in total. The number of esters is 1. The number of hydrogen-bond donors (Lipinski definition) is 0. The normalized spacial score (nSPS) is 11.4. The minimum Gasteiger partial charge on any atom is -0.491 e. The summed E-state index contributed by atoms with van der Waals surface area (Å²) in [5, 5.41) is 0. The maximum Gasteiger partial charge on any atom is 0.305 e. The predicted octanol–water partition coefficient (Wildman–Crippen LogP) is 7.82. The first-order valence-corrected chi connectivity index (χ1v) is 22.9. The first-order valence-electron chi connectivity index (χ1n) is 22.9. The number of aryl methyl sites for hydroxylation is 1. The number of ether oxygens (including phenoxy) is 12. The second kappa shape index (κ2) is 47.1. The van der Waals surface area contributed by atoms with Crippen LogP contribution in [0.25, 0.3) is 0 Å². The standard InChI is InChI=1S/C46H84O13/c1-3-5-7-9-11-12-14-16-44-18-20-45(21-19-44)58-42-40-56-38-36-54-34-32-52-30-28-50-26-24-48-22-23-49-25-27-51-29-31-53-33-35-55-37-39-57-41-43-59-46(47)17-15-13-10-8-6-4-2/h18-21H,3-17,22-43H2,1-2H3. The number of carbonyl (C=O) groups is 1. The molecule has 0 spiro atoms. The number of rotatable bonds is 49. The third-order valence-electron chi connectivity index (χ3n) is 9.06. The average Bonchev–Trinajstić information content (AvgIpc) is 3.25. The van der Waals surface area contributed by atoms with Gasteiger partial charge in [0.25, 0.3) is 0 Å². The van der Waals surface area contributed by atoms with E-state index in [1.807, 2.05) is 0 Å². The molecule has 0 saturated carbocycles. The molecular weight excluding hydrogens is 760 g/mol. The van der Waals surface area contributed by atoms with Gasteiger partial charge >= 0.3 is 5.97 Å². The first kappa shape index (κ1) is 55.1. The van der Waals surface area contributed by atoms with E-state index in [2.05, 4.69) is 38.1 Å². The van der Waals surface area contributed by atoms with E-state index < -0.39 is 0 Å². The van der Waals surface area contributed by atoms with Crippen LogP contribution < -0.4 is 4.74 Å². The molecule has 1 aromatic rings. The highest BCUT2D eigenvalue weighted by molar-refractivity contribution is 5.69. The minimum atomic E-state index is -0.143. The summed E-state index contributed by atoms with van der Waals surface area (Å²) in [6.45, 7) is 15.2. The van der Waals surface area contributed by atoms with Gasteiger partial charge in [0.05, 0.1) is 132 Å². The third kappa shape index (κ3) is 42.6. The van der Waals surface area contributed by atoms with Crippen molar-refractivity contribution in [2.45, 2.75) is 110 Å². The van der Waals surface area contributed by atoms with Gasteiger partial charge in [-0.15, -0.1) is 0 Å². The monoisotopic (exact) mass is 845 g/mol. The van der Waals surface area contributed by atoms with Crippen LogP contribution in [0.1, 0.15) is 109 Å². The molecule has 0 radical (unpaired) electrons. The van der Waals surface area contributed by atoms with Crippen molar-refractivity contribution in [3.05, 3.63) is 29.8 Å². The minimum absolute atomic E-state index is 0.143. The maximum absolute atomic E-state index is 11.7. The predicted molar refractivity (Wildman–Crippen MR) is 231 cm³/mol. The summed E-state index contributed by atoms with van der Waals surface area (Å²) in [7, 11) is 0. The quantitative estimate of drug-likeness (QED) is 0.0468. The lowest BCUT2D eigenvalue weighted by Gasteiger charge is -2.09. The van der Waals surface area contributed by atoms with E-state index in [1.54, 1.807) is 0 Å². The molecule has 1 aromatic carbocycles. The fourth-order valence-electron chi connectivity index (χ4n) is 5.67. The Bertz CT molecular complexity index is 969. The van der Waals surface area contributed by atoms with Gasteiger partial charge in [0.2, 0.25) is 0 Å². The third-order valence-corrected chi connectivity index (χ3v) is 9.06. The average molecular weight is 845 g/mol. The lowest BCUT2D eigenvalue weighted by atomic mass is 10.0. The molecule has 0 unspecified atom stereocenters. The van der Waals surface area contributed by atoms with Crippen LogP contribution >= 0.6 is 0 Å². The zero-order chi connectivity index (χ0) is 42.2. The van der Waals surface area contributed by atoms with Gasteiger partial charge in [0, 0.05) is 6.42 Å². The molecule has 0 fully saturated rings. The van der Waals surface area contributed by atoms with Gasteiger partial charge in [-0.25, -0.2) is 0 Å². The second-order valence-electron chi connectivity index (χ2n) is 14.2. The smallest absolute Gasteiger partial charge is 0.305 e. The largest absolute Gasteiger partial charge is 0.491 e. The van der Waals surface area contributed by atoms with Crippen molar-refractivity contribution in [2.75, 3.05) is 145 Å². The summed E-state index contributed by atoms with van der Waals surface area (Å²) in [6, 6.07) is 8.45. The molecule has 0 atom stereocenters. The zero-order valence-electron chi connectivity index (χ0n) is 37.3. The van der Waals surface area contributed by atoms with Gasteiger partial charge in [-0.1, -0.05) is 96.6 Å². The molecule has 0 bridgehead atoms. The lowest BCUT2D eigenvalue weighted by Crippen LogP contribution is -2.15. The van der Waals surface area contributed by atoms with Crippen LogP contribution in [0.2, 0.25) is 0 Å². The molecule has 0 aromatic heterocycles. The molecule has 13 nitrogen and oxygen atoms in total. The van der Waals surface area contributed by atoms with Gasteiger partial charge in [0.15, 0.2) is 0 Å². The molecule has 59 heavy (non-hydrogen) atoms. The Hall–Kier alpha value is -1.91. The Labute approximate surface area is 358 Å². The van der Waals surface area contributed by atoms with Gasteiger partial charge in [0.1, 0.15) is 19.0 Å². The van der Waals surface area contributed by atoms with Gasteiger partial charge in [-0.2, -0.15) is 0 Å². The highest BCUT2D eigenvalue weighted by Crippen LogP contribution is 2.15. The van der Waals surface area contributed by atoms with Crippen molar-refractivity contribution in [1.82, 2.24) is 0 Å². The van der Waals surface area contributed by atoms with Crippen molar-refractivity contribution in [3.63, 3.8) is 0 Å². The Balaban J connectivity index is 1.67. The van der Waals surface area contributed by atoms with E-state index >= 15 is 0 Å². The molecule has 346 valence electrons. The lowest BCUT2D eigenvalue weighted by molar-refractivity contribution is -0.145. The van der Waals surface area contributed by atoms with Crippen molar-refractivity contribution < 1.29 is 61.6 Å².